The standard InChI is InChI=1S/C21H21F3N3S.C19H12N4O2.CNS.Ru/c1-2-3-4-5-6-16-9-10-17(28-16)8-7-15-11-12-25-18(13-15)19-14-20(27-26-19)21(22,23)24;1-20-18(19(24)25)12-13-10-16(14-6-2-4-8-21-14)23-17(11-13)15-7-3-5-9-22-15;2-1-3;/h7-14H,2-6H2,1H3;2-12H,(H,24,25);;/q-1;;-1;+2/b8-7+;18-12+;;. The molecule has 6 heterocycles. The summed E-state index contributed by atoms with van der Waals surface area (Å²) in [6, 6.07) is 23.0. The molecular weight excluding hydrogens is 859 g/mol. The molecule has 0 saturated carbocycles. The van der Waals surface area contributed by atoms with Gasteiger partial charge in [-0.2, -0.15) is 18.3 Å². The third-order valence-corrected chi connectivity index (χ3v) is 8.73. The van der Waals surface area contributed by atoms with Gasteiger partial charge in [-0.25, -0.2) is 9.83 Å². The van der Waals surface area contributed by atoms with Gasteiger partial charge in [0.2, 0.25) is 0 Å². The van der Waals surface area contributed by atoms with Gasteiger partial charge in [-0.05, 0) is 103 Å². The molecular formula is C41H33F3N8O2RuS2. The van der Waals surface area contributed by atoms with E-state index in [4.69, 9.17) is 17.1 Å². The molecule has 10 nitrogen and oxygen atoms in total. The molecule has 0 aliphatic rings. The zero-order valence-corrected chi connectivity index (χ0v) is 33.6. The zero-order chi connectivity index (χ0) is 40.3. The van der Waals surface area contributed by atoms with Gasteiger partial charge in [0.25, 0.3) is 5.70 Å². The van der Waals surface area contributed by atoms with E-state index in [1.54, 1.807) is 66.3 Å². The molecule has 1 N–H and O–H groups in total. The van der Waals surface area contributed by atoms with Crippen molar-refractivity contribution in [3.8, 4) is 34.2 Å². The second kappa shape index (κ2) is 23.3. The van der Waals surface area contributed by atoms with Crippen molar-refractivity contribution in [1.82, 2.24) is 30.1 Å². The van der Waals surface area contributed by atoms with Crippen LogP contribution in [0, 0.1) is 6.57 Å². The van der Waals surface area contributed by atoms with E-state index in [-0.39, 0.29) is 30.9 Å². The van der Waals surface area contributed by atoms with E-state index in [2.05, 4.69) is 66.3 Å². The van der Waals surface area contributed by atoms with Crippen molar-refractivity contribution in [2.24, 2.45) is 0 Å². The van der Waals surface area contributed by atoms with Crippen LogP contribution in [0.5, 0.6) is 0 Å². The second-order valence-electron chi connectivity index (χ2n) is 11.7. The minimum atomic E-state index is -4.50. The van der Waals surface area contributed by atoms with E-state index < -0.39 is 17.8 Å². The number of thiocarbonyl (C=S) groups is 1. The predicted molar refractivity (Wildman–Crippen MR) is 216 cm³/mol. The number of alkyl halides is 3. The number of halogens is 3. The van der Waals surface area contributed by atoms with Crippen LogP contribution in [-0.4, -0.2) is 41.3 Å². The molecule has 0 radical (unpaired) electrons. The van der Waals surface area contributed by atoms with Crippen LogP contribution in [0.15, 0.2) is 103 Å². The molecule has 0 bridgehead atoms. The van der Waals surface area contributed by atoms with Crippen molar-refractivity contribution in [2.75, 3.05) is 0 Å². The number of nitrogens with zero attached hydrogens (tertiary/aromatic N) is 8. The molecule has 0 atom stereocenters. The van der Waals surface area contributed by atoms with Gasteiger partial charge >= 0.3 is 31.6 Å². The fraction of sp³-hybridized carbons (Fsp3) is 0.171. The molecule has 0 fully saturated rings. The topological polar surface area (TPSA) is 143 Å². The monoisotopic (exact) mass is 892 g/mol. The van der Waals surface area contributed by atoms with Gasteiger partial charge in [-0.15, -0.1) is 11.3 Å². The summed E-state index contributed by atoms with van der Waals surface area (Å²) in [6.07, 6.45) is 11.7. The SMILES string of the molecule is CCCCCCc1ccc(/C=C/c2ccnc(-c3cc(C(F)(F)F)n[n-]3)c2)s1.[C-]#[N+]/C(=C/c1cc(-c2ccccn2)nc(-c2ccccn2)c1)C(=O)O.[N-]=C=S.[Ru+2]. The summed E-state index contributed by atoms with van der Waals surface area (Å²) in [5.41, 5.74) is 2.95. The number of aryl methyl sites for hydroxylation is 1. The molecule has 6 aromatic rings. The molecule has 0 aliphatic carbocycles. The summed E-state index contributed by atoms with van der Waals surface area (Å²) in [5, 5.41) is 24.3. The number of aromatic nitrogens is 6. The summed E-state index contributed by atoms with van der Waals surface area (Å²) >= 11 is 5.47. The molecule has 57 heavy (non-hydrogen) atoms. The third kappa shape index (κ3) is 14.6. The van der Waals surface area contributed by atoms with Crippen molar-refractivity contribution in [3.63, 3.8) is 0 Å². The molecule has 16 heteroatoms. The van der Waals surface area contributed by atoms with Crippen LogP contribution in [0.2, 0.25) is 0 Å². The number of isothiocyanates is 1. The van der Waals surface area contributed by atoms with Crippen LogP contribution in [-0.2, 0) is 36.9 Å². The first-order chi connectivity index (χ1) is 27.0. The molecule has 0 aliphatic heterocycles. The molecule has 0 unspecified atom stereocenters. The smallest absolute Gasteiger partial charge is 0.753 e. The number of aliphatic carboxylic acids is 1. The van der Waals surface area contributed by atoms with Gasteiger partial charge in [0, 0.05) is 34.0 Å². The molecule has 6 aromatic heterocycles. The van der Waals surface area contributed by atoms with Crippen LogP contribution in [0.1, 0.15) is 59.2 Å². The molecule has 0 spiro atoms. The minimum Gasteiger partial charge on any atom is -0.753 e. The first kappa shape index (κ1) is 45.6. The number of carboxylic acid groups (broad SMARTS) is 1. The quantitative estimate of drug-likeness (QED) is 0.0317. The number of rotatable bonds is 12. The van der Waals surface area contributed by atoms with E-state index in [1.807, 2.05) is 36.4 Å². The van der Waals surface area contributed by atoms with Crippen LogP contribution in [0.4, 0.5) is 13.2 Å². The third-order valence-electron chi connectivity index (χ3n) is 7.62. The Kier molecular flexibility index (Phi) is 18.6. The van der Waals surface area contributed by atoms with Gasteiger partial charge in [0.1, 0.15) is 5.69 Å². The Labute approximate surface area is 349 Å². The first-order valence-corrected chi connectivity index (χ1v) is 18.3. The van der Waals surface area contributed by atoms with Gasteiger partial charge in [0.05, 0.1) is 29.3 Å². The Morgan fingerprint density at radius 3 is 2.07 bits per heavy atom. The number of carboxylic acids is 1. The summed E-state index contributed by atoms with van der Waals surface area (Å²) in [4.78, 5) is 33.9. The molecule has 0 aromatic carbocycles. The summed E-state index contributed by atoms with van der Waals surface area (Å²) in [7, 11) is 0. The fourth-order valence-electron chi connectivity index (χ4n) is 5.00. The molecule has 6 rings (SSSR count). The average molecular weight is 892 g/mol. The van der Waals surface area contributed by atoms with E-state index in [0.29, 0.717) is 34.0 Å². The van der Waals surface area contributed by atoms with E-state index in [9.17, 15) is 18.0 Å². The predicted octanol–water partition coefficient (Wildman–Crippen LogP) is 10.7. The number of unbranched alkanes of at least 4 members (excludes halogenated alkanes) is 3. The van der Waals surface area contributed by atoms with Gasteiger partial charge in [-0.1, -0.05) is 62.3 Å². The van der Waals surface area contributed by atoms with Crippen LogP contribution >= 0.6 is 23.6 Å². The van der Waals surface area contributed by atoms with Gasteiger partial charge < -0.3 is 20.7 Å². The summed E-state index contributed by atoms with van der Waals surface area (Å²) in [5.74, 6) is -1.27. The van der Waals surface area contributed by atoms with E-state index in [0.717, 1.165) is 22.9 Å². The Morgan fingerprint density at radius 2 is 1.53 bits per heavy atom. The van der Waals surface area contributed by atoms with Crippen molar-refractivity contribution < 1.29 is 42.6 Å². The Balaban J connectivity index is 0.000000283. The molecule has 290 valence electrons. The van der Waals surface area contributed by atoms with Crippen LogP contribution in [0.25, 0.3) is 62.6 Å². The number of thiophene rings is 1. The fourth-order valence-corrected chi connectivity index (χ4v) is 5.96. The molecule has 0 saturated heterocycles. The average Bonchev–Trinajstić information content (AvgIpc) is 3.90. The van der Waals surface area contributed by atoms with Crippen LogP contribution < -0.4 is 5.10 Å². The Bertz CT molecular complexity index is 2280. The number of hydrogen-bond donors (Lipinski definition) is 1. The Morgan fingerprint density at radius 1 is 0.895 bits per heavy atom. The minimum absolute atomic E-state index is 0. The largest absolute Gasteiger partial charge is 2.00 e. The molecule has 0 amide bonds. The Hall–Kier alpha value is -5.84. The van der Waals surface area contributed by atoms with Crippen molar-refractivity contribution in [2.45, 2.75) is 45.2 Å². The number of hydrogen-bond acceptors (Lipinski definition) is 8. The summed E-state index contributed by atoms with van der Waals surface area (Å²) < 4.78 is 38.1. The van der Waals surface area contributed by atoms with E-state index in [1.165, 1.54) is 41.8 Å². The van der Waals surface area contributed by atoms with Crippen molar-refractivity contribution >= 4 is 52.9 Å². The number of pyridine rings is 4. The van der Waals surface area contributed by atoms with Gasteiger partial charge in [-0.3, -0.25) is 19.7 Å². The van der Waals surface area contributed by atoms with Crippen LogP contribution in [0.3, 0.4) is 0 Å². The van der Waals surface area contributed by atoms with Gasteiger partial charge in [0.15, 0.2) is 0 Å². The maximum absolute atomic E-state index is 12.7. The van der Waals surface area contributed by atoms with Crippen molar-refractivity contribution in [1.29, 1.82) is 0 Å². The maximum Gasteiger partial charge on any atom is 2.00 e. The van der Waals surface area contributed by atoms with E-state index >= 15 is 0 Å². The zero-order valence-electron chi connectivity index (χ0n) is 30.2. The number of carbonyl (C=O) groups is 1. The second-order valence-corrected chi connectivity index (χ2v) is 13.1. The normalized spacial score (nSPS) is 10.9. The summed E-state index contributed by atoms with van der Waals surface area (Å²) in [6.45, 7) is 9.22. The maximum atomic E-state index is 12.7. The first-order valence-electron chi connectivity index (χ1n) is 17.0. The van der Waals surface area contributed by atoms with Crippen molar-refractivity contribution in [3.05, 3.63) is 147 Å².